The Kier molecular flexibility index (Phi) is 5.67. The lowest BCUT2D eigenvalue weighted by atomic mass is 9.97. The lowest BCUT2D eigenvalue weighted by molar-refractivity contribution is 0.340. The minimum Gasteiger partial charge on any atom is -0.494 e. The van der Waals surface area contributed by atoms with Crippen LogP contribution in [0.5, 0.6) is 5.75 Å². The minimum absolute atomic E-state index is 0.247. The summed E-state index contributed by atoms with van der Waals surface area (Å²) >= 11 is 0. The van der Waals surface area contributed by atoms with Gasteiger partial charge in [0.05, 0.1) is 6.61 Å². The van der Waals surface area contributed by atoms with Gasteiger partial charge >= 0.3 is 0 Å². The smallest absolute Gasteiger partial charge is 0.167 e. The Morgan fingerprint density at radius 1 is 0.692 bits per heavy atom. The third-order valence-corrected chi connectivity index (χ3v) is 4.36. The first-order chi connectivity index (χ1) is 12.6. The molecule has 0 radical (unpaired) electrons. The van der Waals surface area contributed by atoms with Crippen LogP contribution in [0, 0.1) is 11.6 Å². The highest BCUT2D eigenvalue weighted by Gasteiger charge is 2.16. The summed E-state index contributed by atoms with van der Waals surface area (Å²) in [4.78, 5) is 0. The molecule has 0 aromatic heterocycles. The summed E-state index contributed by atoms with van der Waals surface area (Å²) in [5.74, 6) is -0.940. The summed E-state index contributed by atoms with van der Waals surface area (Å²) in [5.41, 5.74) is 3.02. The first-order valence-corrected chi connectivity index (χ1v) is 8.94. The van der Waals surface area contributed by atoms with Crippen LogP contribution in [-0.4, -0.2) is 6.61 Å². The van der Waals surface area contributed by atoms with Crippen LogP contribution in [0.2, 0.25) is 0 Å². The molecule has 0 aliphatic rings. The first-order valence-electron chi connectivity index (χ1n) is 8.94. The van der Waals surface area contributed by atoms with E-state index < -0.39 is 11.6 Å². The van der Waals surface area contributed by atoms with Crippen LogP contribution in [-0.2, 0) is 6.42 Å². The van der Waals surface area contributed by atoms with Gasteiger partial charge in [0.25, 0.3) is 0 Å². The van der Waals surface area contributed by atoms with Gasteiger partial charge < -0.3 is 4.74 Å². The zero-order chi connectivity index (χ0) is 18.5. The highest BCUT2D eigenvalue weighted by atomic mass is 19.2. The first kappa shape index (κ1) is 18.1. The monoisotopic (exact) mass is 352 g/mol. The normalized spacial score (nSPS) is 10.8. The topological polar surface area (TPSA) is 9.23 Å². The van der Waals surface area contributed by atoms with Crippen molar-refractivity contribution in [2.75, 3.05) is 6.61 Å². The Morgan fingerprint density at radius 2 is 1.19 bits per heavy atom. The number of aryl methyl sites for hydroxylation is 1. The van der Waals surface area contributed by atoms with E-state index in [9.17, 15) is 8.78 Å². The molecule has 134 valence electrons. The molecule has 0 spiro atoms. The van der Waals surface area contributed by atoms with Gasteiger partial charge in [0, 0.05) is 11.1 Å². The largest absolute Gasteiger partial charge is 0.494 e. The maximum atomic E-state index is 14.7. The molecule has 3 rings (SSSR count). The van der Waals surface area contributed by atoms with Gasteiger partial charge in [-0.2, -0.15) is 0 Å². The van der Waals surface area contributed by atoms with Crippen LogP contribution < -0.4 is 4.74 Å². The maximum Gasteiger partial charge on any atom is 0.167 e. The van der Waals surface area contributed by atoms with Crippen molar-refractivity contribution in [2.24, 2.45) is 0 Å². The van der Waals surface area contributed by atoms with Crippen molar-refractivity contribution in [1.29, 1.82) is 0 Å². The van der Waals surface area contributed by atoms with Gasteiger partial charge in [-0.05, 0) is 42.2 Å². The Morgan fingerprint density at radius 3 is 1.65 bits per heavy atom. The van der Waals surface area contributed by atoms with Crippen LogP contribution in [0.1, 0.15) is 25.8 Å². The molecule has 26 heavy (non-hydrogen) atoms. The quantitative estimate of drug-likeness (QED) is 0.482. The van der Waals surface area contributed by atoms with E-state index in [4.69, 9.17) is 4.74 Å². The van der Waals surface area contributed by atoms with E-state index in [0.29, 0.717) is 23.5 Å². The highest BCUT2D eigenvalue weighted by Crippen LogP contribution is 2.32. The van der Waals surface area contributed by atoms with Gasteiger partial charge in [0.15, 0.2) is 11.6 Å². The molecule has 3 aromatic carbocycles. The van der Waals surface area contributed by atoms with Crippen molar-refractivity contribution in [3.63, 3.8) is 0 Å². The van der Waals surface area contributed by atoms with Gasteiger partial charge in [-0.1, -0.05) is 61.9 Å². The SMILES string of the molecule is CCCc1ccc(-c2ccc(-c3ccc(OCC)cc3)c(F)c2F)cc1. The molecule has 3 heteroatoms. The molecule has 1 nitrogen and oxygen atoms in total. The Bertz CT molecular complexity index is 793. The van der Waals surface area contributed by atoms with Crippen LogP contribution in [0.3, 0.4) is 0 Å². The predicted molar refractivity (Wildman–Crippen MR) is 102 cm³/mol. The predicted octanol–water partition coefficient (Wildman–Crippen LogP) is 6.65. The zero-order valence-electron chi connectivity index (χ0n) is 15.1. The van der Waals surface area contributed by atoms with Crippen LogP contribution in [0.4, 0.5) is 8.78 Å². The van der Waals surface area contributed by atoms with Crippen LogP contribution in [0.25, 0.3) is 22.3 Å². The molecule has 0 saturated carbocycles. The average molecular weight is 352 g/mol. The molecule has 0 unspecified atom stereocenters. The van der Waals surface area contributed by atoms with E-state index in [1.807, 2.05) is 31.2 Å². The summed E-state index contributed by atoms with van der Waals surface area (Å²) in [6.07, 6.45) is 2.03. The standard InChI is InChI=1S/C23H22F2O/c1-3-5-16-6-8-17(9-7-16)20-14-15-21(23(25)22(20)24)18-10-12-19(13-11-18)26-4-2/h6-15H,3-5H2,1-2H3. The van der Waals surface area contributed by atoms with Crippen molar-refractivity contribution in [3.05, 3.63) is 77.9 Å². The number of hydrogen-bond donors (Lipinski definition) is 0. The van der Waals surface area contributed by atoms with Crippen LogP contribution >= 0.6 is 0 Å². The molecule has 3 aromatic rings. The third-order valence-electron chi connectivity index (χ3n) is 4.36. The number of halogens is 2. The Balaban J connectivity index is 1.93. The van der Waals surface area contributed by atoms with Crippen molar-refractivity contribution >= 4 is 0 Å². The molecule has 0 aliphatic carbocycles. The second kappa shape index (κ2) is 8.13. The van der Waals surface area contributed by atoms with Crippen molar-refractivity contribution in [2.45, 2.75) is 26.7 Å². The molecule has 0 aliphatic heterocycles. The number of hydrogen-bond acceptors (Lipinski definition) is 1. The van der Waals surface area contributed by atoms with Crippen molar-refractivity contribution in [1.82, 2.24) is 0 Å². The second-order valence-electron chi connectivity index (χ2n) is 6.19. The van der Waals surface area contributed by atoms with Crippen molar-refractivity contribution < 1.29 is 13.5 Å². The number of ether oxygens (including phenoxy) is 1. The number of benzene rings is 3. The van der Waals surface area contributed by atoms with Crippen molar-refractivity contribution in [3.8, 4) is 28.0 Å². The summed E-state index contributed by atoms with van der Waals surface area (Å²) < 4.78 is 34.7. The summed E-state index contributed by atoms with van der Waals surface area (Å²) in [5, 5.41) is 0. The summed E-state index contributed by atoms with van der Waals surface area (Å²) in [7, 11) is 0. The molecule has 0 atom stereocenters. The molecule has 0 heterocycles. The maximum absolute atomic E-state index is 14.7. The third kappa shape index (κ3) is 3.77. The van der Waals surface area contributed by atoms with E-state index in [2.05, 4.69) is 6.92 Å². The summed E-state index contributed by atoms with van der Waals surface area (Å²) in [6, 6.07) is 17.9. The van der Waals surface area contributed by atoms with E-state index in [1.165, 1.54) is 5.56 Å². The fourth-order valence-corrected chi connectivity index (χ4v) is 3.03. The van der Waals surface area contributed by atoms with Gasteiger partial charge in [0.2, 0.25) is 0 Å². The molecular formula is C23H22F2O. The zero-order valence-corrected chi connectivity index (χ0v) is 15.1. The van der Waals surface area contributed by atoms with Gasteiger partial charge in [-0.15, -0.1) is 0 Å². The van der Waals surface area contributed by atoms with Gasteiger partial charge in [-0.3, -0.25) is 0 Å². The lowest BCUT2D eigenvalue weighted by Crippen LogP contribution is -1.95. The van der Waals surface area contributed by atoms with E-state index in [0.717, 1.165) is 12.8 Å². The van der Waals surface area contributed by atoms with E-state index in [-0.39, 0.29) is 11.1 Å². The Labute approximate surface area is 153 Å². The van der Waals surface area contributed by atoms with Gasteiger partial charge in [-0.25, -0.2) is 8.78 Å². The average Bonchev–Trinajstić information content (AvgIpc) is 2.66. The minimum atomic E-state index is -0.829. The molecule has 0 fully saturated rings. The highest BCUT2D eigenvalue weighted by molar-refractivity contribution is 5.72. The summed E-state index contributed by atoms with van der Waals surface area (Å²) in [6.45, 7) is 4.58. The second-order valence-corrected chi connectivity index (χ2v) is 6.19. The molecule has 0 bridgehead atoms. The lowest BCUT2D eigenvalue weighted by Gasteiger charge is -2.10. The van der Waals surface area contributed by atoms with Crippen LogP contribution in [0.15, 0.2) is 60.7 Å². The fraction of sp³-hybridized carbons (Fsp3) is 0.217. The Hall–Kier alpha value is -2.68. The fourth-order valence-electron chi connectivity index (χ4n) is 3.03. The van der Waals surface area contributed by atoms with Gasteiger partial charge in [0.1, 0.15) is 5.75 Å². The van der Waals surface area contributed by atoms with E-state index in [1.54, 1.807) is 36.4 Å². The molecule has 0 N–H and O–H groups in total. The molecule has 0 saturated heterocycles. The number of rotatable bonds is 6. The van der Waals surface area contributed by atoms with E-state index >= 15 is 0 Å². The molecule has 0 amide bonds. The molecular weight excluding hydrogens is 330 g/mol.